The molecule has 4 aromatic rings. The Balaban J connectivity index is 1.60. The summed E-state index contributed by atoms with van der Waals surface area (Å²) in [5.41, 5.74) is 7.91. The second-order valence-corrected chi connectivity index (χ2v) is 7.39. The largest absolute Gasteiger partial charge is 0.477 e. The normalized spacial score (nSPS) is 11.1. The van der Waals surface area contributed by atoms with Crippen molar-refractivity contribution < 1.29 is 14.7 Å². The van der Waals surface area contributed by atoms with Gasteiger partial charge in [-0.3, -0.25) is 14.6 Å². The molecule has 0 radical (unpaired) electrons. The van der Waals surface area contributed by atoms with Gasteiger partial charge in [0, 0.05) is 36.3 Å². The number of benzene rings is 1. The number of anilines is 2. The van der Waals surface area contributed by atoms with Crippen molar-refractivity contribution in [1.29, 1.82) is 0 Å². The molecule has 9 heteroatoms. The first kappa shape index (κ1) is 22.4. The fraction of sp³-hybridized carbons (Fsp3) is 0.0800. The second-order valence-electron chi connectivity index (χ2n) is 7.39. The molecule has 0 bridgehead atoms. The first-order valence-electron chi connectivity index (χ1n) is 10.4. The quantitative estimate of drug-likeness (QED) is 0.378. The Kier molecular flexibility index (Phi) is 6.18. The third kappa shape index (κ3) is 4.40. The molecule has 0 aliphatic rings. The van der Waals surface area contributed by atoms with Crippen LogP contribution >= 0.6 is 0 Å². The summed E-state index contributed by atoms with van der Waals surface area (Å²) < 4.78 is 1.51. The van der Waals surface area contributed by atoms with Gasteiger partial charge in [0.05, 0.1) is 11.1 Å². The van der Waals surface area contributed by atoms with E-state index in [1.807, 2.05) is 6.07 Å². The van der Waals surface area contributed by atoms with Crippen molar-refractivity contribution >= 4 is 40.5 Å². The van der Waals surface area contributed by atoms with E-state index in [4.69, 9.17) is 5.73 Å². The number of nitrogens with two attached hydrogens (primary N) is 1. The van der Waals surface area contributed by atoms with E-state index in [1.165, 1.54) is 10.6 Å². The highest BCUT2D eigenvalue weighted by Crippen LogP contribution is 2.24. The second kappa shape index (κ2) is 9.37. The number of pyridine rings is 3. The number of aromatic nitrogens is 3. The lowest BCUT2D eigenvalue weighted by Gasteiger charge is -2.14. The zero-order chi connectivity index (χ0) is 24.2. The Morgan fingerprint density at radius 3 is 2.56 bits per heavy atom. The number of nitrogens with zero attached hydrogens (tertiary/aromatic N) is 3. The Hall–Kier alpha value is -4.79. The van der Waals surface area contributed by atoms with Gasteiger partial charge in [0.2, 0.25) is 11.3 Å². The lowest BCUT2D eigenvalue weighted by Crippen LogP contribution is -2.23. The highest BCUT2D eigenvalue weighted by molar-refractivity contribution is 6.02. The zero-order valence-corrected chi connectivity index (χ0v) is 18.2. The van der Waals surface area contributed by atoms with Crippen molar-refractivity contribution in [1.82, 2.24) is 14.5 Å². The molecule has 34 heavy (non-hydrogen) atoms. The SMILES string of the molecule is CCn1c(N)c(C(=O)O)c(=O)c2ccc(-c3ccc(NC(=O)/C=C/c4cccnc4)cc3)nc21. The highest BCUT2D eigenvalue weighted by atomic mass is 16.4. The van der Waals surface area contributed by atoms with Gasteiger partial charge < -0.3 is 20.7 Å². The van der Waals surface area contributed by atoms with E-state index < -0.39 is 17.0 Å². The minimum absolute atomic E-state index is 0.130. The van der Waals surface area contributed by atoms with Crippen LogP contribution in [-0.4, -0.2) is 31.5 Å². The number of amides is 1. The minimum atomic E-state index is -1.37. The molecule has 3 aromatic heterocycles. The van der Waals surface area contributed by atoms with Crippen LogP contribution in [0.4, 0.5) is 11.5 Å². The molecular formula is C25H21N5O4. The van der Waals surface area contributed by atoms with Gasteiger partial charge >= 0.3 is 5.97 Å². The van der Waals surface area contributed by atoms with Crippen LogP contribution in [0.2, 0.25) is 0 Å². The number of hydrogen-bond donors (Lipinski definition) is 3. The van der Waals surface area contributed by atoms with E-state index in [0.717, 1.165) is 11.1 Å². The van der Waals surface area contributed by atoms with Gasteiger partial charge in [-0.15, -0.1) is 0 Å². The Morgan fingerprint density at radius 1 is 1.15 bits per heavy atom. The fourth-order valence-electron chi connectivity index (χ4n) is 3.57. The summed E-state index contributed by atoms with van der Waals surface area (Å²) in [7, 11) is 0. The molecule has 9 nitrogen and oxygen atoms in total. The first-order valence-corrected chi connectivity index (χ1v) is 10.4. The summed E-state index contributed by atoms with van der Waals surface area (Å²) in [6.07, 6.45) is 6.41. The maximum atomic E-state index is 12.6. The number of nitrogens with one attached hydrogen (secondary N) is 1. The molecule has 0 atom stereocenters. The smallest absolute Gasteiger partial charge is 0.343 e. The van der Waals surface area contributed by atoms with Crippen LogP contribution in [0.1, 0.15) is 22.8 Å². The van der Waals surface area contributed by atoms with E-state index in [9.17, 15) is 19.5 Å². The molecule has 0 spiro atoms. The van der Waals surface area contributed by atoms with Gasteiger partial charge in [-0.05, 0) is 48.9 Å². The third-order valence-corrected chi connectivity index (χ3v) is 5.24. The van der Waals surface area contributed by atoms with Crippen LogP contribution in [0.15, 0.2) is 71.8 Å². The van der Waals surface area contributed by atoms with E-state index in [1.54, 1.807) is 67.9 Å². The zero-order valence-electron chi connectivity index (χ0n) is 18.2. The monoisotopic (exact) mass is 455 g/mol. The van der Waals surface area contributed by atoms with Crippen LogP contribution in [0.5, 0.6) is 0 Å². The van der Waals surface area contributed by atoms with Gasteiger partial charge in [-0.25, -0.2) is 9.78 Å². The van der Waals surface area contributed by atoms with Crippen molar-refractivity contribution in [3.8, 4) is 11.3 Å². The molecule has 1 aromatic carbocycles. The number of carboxylic acid groups (broad SMARTS) is 1. The maximum Gasteiger partial charge on any atom is 0.343 e. The topological polar surface area (TPSA) is 140 Å². The molecule has 0 aliphatic heterocycles. The Labute approximate surface area is 194 Å². The first-order chi connectivity index (χ1) is 16.4. The van der Waals surface area contributed by atoms with Gasteiger partial charge in [0.25, 0.3) is 0 Å². The summed E-state index contributed by atoms with van der Waals surface area (Å²) in [5, 5.41) is 12.4. The molecule has 0 saturated heterocycles. The van der Waals surface area contributed by atoms with E-state index in [2.05, 4.69) is 15.3 Å². The molecule has 4 N–H and O–H groups in total. The number of carboxylic acids is 1. The third-order valence-electron chi connectivity index (χ3n) is 5.24. The number of hydrogen-bond acceptors (Lipinski definition) is 6. The van der Waals surface area contributed by atoms with E-state index in [-0.39, 0.29) is 17.1 Å². The number of fused-ring (bicyclic) bond motifs is 1. The molecular weight excluding hydrogens is 434 g/mol. The molecule has 0 aliphatic carbocycles. The molecule has 1 amide bonds. The lowest BCUT2D eigenvalue weighted by atomic mass is 10.1. The molecule has 4 rings (SSSR count). The number of aryl methyl sites for hydroxylation is 1. The van der Waals surface area contributed by atoms with Gasteiger partial charge in [-0.2, -0.15) is 0 Å². The van der Waals surface area contributed by atoms with Gasteiger partial charge in [-0.1, -0.05) is 18.2 Å². The molecule has 0 saturated carbocycles. The van der Waals surface area contributed by atoms with Crippen molar-refractivity contribution in [3.63, 3.8) is 0 Å². The van der Waals surface area contributed by atoms with E-state index in [0.29, 0.717) is 23.6 Å². The number of nitrogen functional groups attached to an aromatic ring is 1. The van der Waals surface area contributed by atoms with Crippen LogP contribution in [0, 0.1) is 0 Å². The average molecular weight is 455 g/mol. The predicted molar refractivity (Wildman–Crippen MR) is 130 cm³/mol. The maximum absolute atomic E-state index is 12.6. The highest BCUT2D eigenvalue weighted by Gasteiger charge is 2.20. The average Bonchev–Trinajstić information content (AvgIpc) is 2.84. The summed E-state index contributed by atoms with van der Waals surface area (Å²) in [6, 6.07) is 13.9. The standard InChI is InChI=1S/C25H21N5O4/c1-2-30-23(26)21(25(33)34)22(32)18-10-11-19(29-24(18)30)16-6-8-17(9-7-16)28-20(31)12-5-15-4-3-13-27-14-15/h3-14H,2,26H2,1H3,(H,28,31)(H,33,34)/b12-5+. The molecule has 0 unspecified atom stereocenters. The number of carbonyl (C=O) groups is 2. The van der Waals surface area contributed by atoms with Crippen LogP contribution in [0.25, 0.3) is 28.4 Å². The minimum Gasteiger partial charge on any atom is -0.477 e. The van der Waals surface area contributed by atoms with Crippen LogP contribution in [-0.2, 0) is 11.3 Å². The van der Waals surface area contributed by atoms with Crippen molar-refractivity contribution in [2.45, 2.75) is 13.5 Å². The summed E-state index contributed by atoms with van der Waals surface area (Å²) in [5.74, 6) is -1.78. The van der Waals surface area contributed by atoms with Gasteiger partial charge in [0.15, 0.2) is 0 Å². The summed E-state index contributed by atoms with van der Waals surface area (Å²) >= 11 is 0. The molecule has 0 fully saturated rings. The van der Waals surface area contributed by atoms with Crippen molar-refractivity contribution in [2.75, 3.05) is 11.1 Å². The predicted octanol–water partition coefficient (Wildman–Crippen LogP) is 3.41. The fourth-order valence-corrected chi connectivity index (χ4v) is 3.57. The number of aromatic carboxylic acids is 1. The van der Waals surface area contributed by atoms with Crippen LogP contribution < -0.4 is 16.5 Å². The van der Waals surface area contributed by atoms with Crippen molar-refractivity contribution in [2.24, 2.45) is 0 Å². The summed E-state index contributed by atoms with van der Waals surface area (Å²) in [4.78, 5) is 44.9. The summed E-state index contributed by atoms with van der Waals surface area (Å²) in [6.45, 7) is 2.14. The van der Waals surface area contributed by atoms with E-state index >= 15 is 0 Å². The Morgan fingerprint density at radius 2 is 1.91 bits per heavy atom. The molecule has 3 heterocycles. The number of carbonyl (C=O) groups excluding carboxylic acids is 1. The van der Waals surface area contributed by atoms with Crippen LogP contribution in [0.3, 0.4) is 0 Å². The lowest BCUT2D eigenvalue weighted by molar-refractivity contribution is -0.111. The van der Waals surface area contributed by atoms with Crippen molar-refractivity contribution in [3.05, 3.63) is 88.4 Å². The Bertz CT molecular complexity index is 1480. The molecule has 170 valence electrons. The van der Waals surface area contributed by atoms with Gasteiger partial charge in [0.1, 0.15) is 17.0 Å². The number of rotatable bonds is 6.